The lowest BCUT2D eigenvalue weighted by molar-refractivity contribution is -0.139. The van der Waals surface area contributed by atoms with Gasteiger partial charge in [0.25, 0.3) is 10.0 Å². The summed E-state index contributed by atoms with van der Waals surface area (Å²) in [5.74, 6) is -0.744. The van der Waals surface area contributed by atoms with Crippen molar-refractivity contribution in [3.8, 4) is 0 Å². The number of hydrogen-bond donors (Lipinski definition) is 1. The van der Waals surface area contributed by atoms with Crippen molar-refractivity contribution in [2.45, 2.75) is 51.1 Å². The van der Waals surface area contributed by atoms with E-state index in [9.17, 15) is 18.0 Å². The number of nitrogens with one attached hydrogen (secondary N) is 1. The molecule has 0 spiro atoms. The van der Waals surface area contributed by atoms with E-state index < -0.39 is 28.5 Å². The molecule has 3 rings (SSSR count). The standard InChI is InChI=1S/C29H35N3O4S/c1-4-5-20-30-29(34)24(3)31(21-25-12-8-6-9-13-25)28(33)22-32(26-14-10-7-11-15-26)37(35,36)27-18-16-23(2)17-19-27/h6-19,24H,4-5,20-22H2,1-3H3,(H,30,34). The van der Waals surface area contributed by atoms with Gasteiger partial charge in [-0.05, 0) is 50.1 Å². The molecule has 1 N–H and O–H groups in total. The third kappa shape index (κ3) is 7.43. The highest BCUT2D eigenvalue weighted by molar-refractivity contribution is 7.92. The molecule has 3 aromatic carbocycles. The summed E-state index contributed by atoms with van der Waals surface area (Å²) in [5.41, 5.74) is 2.14. The van der Waals surface area contributed by atoms with Crippen molar-refractivity contribution in [3.05, 3.63) is 96.1 Å². The van der Waals surface area contributed by atoms with E-state index in [1.54, 1.807) is 49.4 Å². The number of nitrogens with zero attached hydrogens (tertiary/aromatic N) is 2. The van der Waals surface area contributed by atoms with E-state index in [1.165, 1.54) is 17.0 Å². The van der Waals surface area contributed by atoms with Gasteiger partial charge < -0.3 is 10.2 Å². The fraction of sp³-hybridized carbons (Fsp3) is 0.310. The second-order valence-electron chi connectivity index (χ2n) is 8.99. The molecule has 0 aliphatic rings. The first-order valence-electron chi connectivity index (χ1n) is 12.5. The molecule has 196 valence electrons. The summed E-state index contributed by atoms with van der Waals surface area (Å²) < 4.78 is 28.5. The Hall–Kier alpha value is -3.65. The van der Waals surface area contributed by atoms with Crippen LogP contribution < -0.4 is 9.62 Å². The molecule has 37 heavy (non-hydrogen) atoms. The number of aryl methyl sites for hydroxylation is 1. The van der Waals surface area contributed by atoms with Gasteiger partial charge in [-0.2, -0.15) is 0 Å². The average Bonchev–Trinajstić information content (AvgIpc) is 2.91. The maximum absolute atomic E-state index is 13.8. The van der Waals surface area contributed by atoms with E-state index in [0.717, 1.165) is 28.3 Å². The van der Waals surface area contributed by atoms with E-state index >= 15 is 0 Å². The van der Waals surface area contributed by atoms with Gasteiger partial charge in [-0.3, -0.25) is 13.9 Å². The van der Waals surface area contributed by atoms with Crippen LogP contribution in [0.3, 0.4) is 0 Å². The quantitative estimate of drug-likeness (QED) is 0.355. The smallest absolute Gasteiger partial charge is 0.264 e. The minimum atomic E-state index is -4.05. The van der Waals surface area contributed by atoms with Crippen LogP contribution in [-0.4, -0.2) is 44.3 Å². The minimum Gasteiger partial charge on any atom is -0.354 e. The summed E-state index contributed by atoms with van der Waals surface area (Å²) in [6.45, 7) is 5.83. The van der Waals surface area contributed by atoms with Crippen LogP contribution in [0, 0.1) is 6.92 Å². The molecule has 0 aliphatic carbocycles. The van der Waals surface area contributed by atoms with Crippen LogP contribution in [0.5, 0.6) is 0 Å². The third-order valence-electron chi connectivity index (χ3n) is 6.12. The van der Waals surface area contributed by atoms with Crippen LogP contribution >= 0.6 is 0 Å². The Bertz CT molecular complexity index is 1260. The van der Waals surface area contributed by atoms with Crippen LogP contribution in [0.2, 0.25) is 0 Å². The number of carbonyl (C=O) groups is 2. The van der Waals surface area contributed by atoms with Crippen LogP contribution in [0.25, 0.3) is 0 Å². The molecular weight excluding hydrogens is 486 g/mol. The Morgan fingerprint density at radius 1 is 0.892 bits per heavy atom. The van der Waals surface area contributed by atoms with Gasteiger partial charge in [0.05, 0.1) is 10.6 Å². The molecule has 2 amide bonds. The topological polar surface area (TPSA) is 86.8 Å². The van der Waals surface area contributed by atoms with E-state index in [0.29, 0.717) is 12.2 Å². The van der Waals surface area contributed by atoms with Crippen molar-refractivity contribution in [3.63, 3.8) is 0 Å². The number of unbranched alkanes of at least 4 members (excludes halogenated alkanes) is 1. The molecule has 0 saturated heterocycles. The number of sulfonamides is 1. The highest BCUT2D eigenvalue weighted by atomic mass is 32.2. The second kappa shape index (κ2) is 13.1. The van der Waals surface area contributed by atoms with Crippen molar-refractivity contribution in [1.29, 1.82) is 0 Å². The van der Waals surface area contributed by atoms with Crippen molar-refractivity contribution >= 4 is 27.5 Å². The summed E-state index contributed by atoms with van der Waals surface area (Å²) in [6.07, 6.45) is 1.77. The molecule has 0 saturated carbocycles. The first kappa shape index (κ1) is 27.9. The molecule has 0 radical (unpaired) electrons. The molecule has 0 fully saturated rings. The summed E-state index contributed by atoms with van der Waals surface area (Å²) in [7, 11) is -4.05. The molecule has 3 aromatic rings. The Balaban J connectivity index is 1.95. The van der Waals surface area contributed by atoms with E-state index in [-0.39, 0.29) is 17.3 Å². The van der Waals surface area contributed by atoms with Gasteiger partial charge in [0.1, 0.15) is 12.6 Å². The third-order valence-corrected chi connectivity index (χ3v) is 7.91. The van der Waals surface area contributed by atoms with Crippen molar-refractivity contribution in [1.82, 2.24) is 10.2 Å². The highest BCUT2D eigenvalue weighted by Crippen LogP contribution is 2.24. The first-order chi connectivity index (χ1) is 17.7. The Morgan fingerprint density at radius 3 is 2.08 bits per heavy atom. The Morgan fingerprint density at radius 2 is 1.49 bits per heavy atom. The van der Waals surface area contributed by atoms with E-state index in [1.807, 2.05) is 44.2 Å². The lowest BCUT2D eigenvalue weighted by atomic mass is 10.1. The maximum atomic E-state index is 13.8. The van der Waals surface area contributed by atoms with Gasteiger partial charge in [-0.1, -0.05) is 79.6 Å². The predicted octanol–water partition coefficient (Wildman–Crippen LogP) is 4.52. The summed E-state index contributed by atoms with van der Waals surface area (Å²) in [6, 6.07) is 23.6. The van der Waals surface area contributed by atoms with Gasteiger partial charge in [0.2, 0.25) is 11.8 Å². The molecule has 1 atom stereocenters. The largest absolute Gasteiger partial charge is 0.354 e. The second-order valence-corrected chi connectivity index (χ2v) is 10.9. The summed E-state index contributed by atoms with van der Waals surface area (Å²) >= 11 is 0. The Labute approximate surface area is 220 Å². The molecule has 0 heterocycles. The zero-order valence-electron chi connectivity index (χ0n) is 21.6. The van der Waals surface area contributed by atoms with Crippen molar-refractivity contribution in [2.75, 3.05) is 17.4 Å². The van der Waals surface area contributed by atoms with E-state index in [4.69, 9.17) is 0 Å². The zero-order valence-corrected chi connectivity index (χ0v) is 22.4. The number of benzene rings is 3. The molecule has 1 unspecified atom stereocenters. The Kier molecular flexibility index (Phi) is 9.85. The van der Waals surface area contributed by atoms with Gasteiger partial charge in [-0.25, -0.2) is 8.42 Å². The number of anilines is 1. The highest BCUT2D eigenvalue weighted by Gasteiger charge is 2.32. The van der Waals surface area contributed by atoms with Crippen LogP contribution in [0.15, 0.2) is 89.8 Å². The summed E-state index contributed by atoms with van der Waals surface area (Å²) in [4.78, 5) is 28.2. The van der Waals surface area contributed by atoms with E-state index in [2.05, 4.69) is 5.32 Å². The number of amides is 2. The van der Waals surface area contributed by atoms with Crippen LogP contribution in [-0.2, 0) is 26.2 Å². The molecule has 0 bridgehead atoms. The number of rotatable bonds is 12. The lowest BCUT2D eigenvalue weighted by Crippen LogP contribution is -2.51. The molecule has 0 aliphatic heterocycles. The predicted molar refractivity (Wildman–Crippen MR) is 147 cm³/mol. The average molecular weight is 522 g/mol. The number of hydrogen-bond acceptors (Lipinski definition) is 4. The minimum absolute atomic E-state index is 0.0923. The fourth-order valence-electron chi connectivity index (χ4n) is 3.86. The summed E-state index contributed by atoms with van der Waals surface area (Å²) in [5, 5.41) is 2.89. The van der Waals surface area contributed by atoms with Crippen molar-refractivity contribution in [2.24, 2.45) is 0 Å². The van der Waals surface area contributed by atoms with Gasteiger partial charge in [0, 0.05) is 13.1 Å². The molecule has 7 nitrogen and oxygen atoms in total. The molecule has 8 heteroatoms. The monoisotopic (exact) mass is 521 g/mol. The van der Waals surface area contributed by atoms with Crippen LogP contribution in [0.1, 0.15) is 37.8 Å². The van der Waals surface area contributed by atoms with Gasteiger partial charge >= 0.3 is 0 Å². The van der Waals surface area contributed by atoms with Crippen LogP contribution in [0.4, 0.5) is 5.69 Å². The molecule has 0 aromatic heterocycles. The van der Waals surface area contributed by atoms with Crippen molar-refractivity contribution < 1.29 is 18.0 Å². The van der Waals surface area contributed by atoms with Gasteiger partial charge in [-0.15, -0.1) is 0 Å². The fourth-order valence-corrected chi connectivity index (χ4v) is 5.27. The number of para-hydroxylation sites is 1. The normalized spacial score (nSPS) is 12.0. The zero-order chi connectivity index (χ0) is 26.8. The lowest BCUT2D eigenvalue weighted by Gasteiger charge is -2.32. The maximum Gasteiger partial charge on any atom is 0.264 e. The van der Waals surface area contributed by atoms with Gasteiger partial charge in [0.15, 0.2) is 0 Å². The first-order valence-corrected chi connectivity index (χ1v) is 13.9. The number of carbonyl (C=O) groups excluding carboxylic acids is 2. The SMILES string of the molecule is CCCCNC(=O)C(C)N(Cc1ccccc1)C(=O)CN(c1ccccc1)S(=O)(=O)c1ccc(C)cc1. The molecular formula is C29H35N3O4S.